The molecule has 0 saturated heterocycles. The van der Waals surface area contributed by atoms with Gasteiger partial charge < -0.3 is 14.2 Å². The molecule has 27 heavy (non-hydrogen) atoms. The number of halogens is 1. The Kier molecular flexibility index (Phi) is 14.6. The molecule has 1 aromatic rings. The van der Waals surface area contributed by atoms with E-state index in [1.807, 2.05) is 24.3 Å². The molecule has 4 heteroatoms. The fourth-order valence-electron chi connectivity index (χ4n) is 2.51. The molecule has 0 radical (unpaired) electrons. The third-order valence-corrected chi connectivity index (χ3v) is 4.54. The molecule has 3 nitrogen and oxygen atoms in total. The van der Waals surface area contributed by atoms with E-state index in [0.717, 1.165) is 29.7 Å². The van der Waals surface area contributed by atoms with Crippen LogP contribution in [0.15, 0.2) is 24.3 Å². The van der Waals surface area contributed by atoms with Gasteiger partial charge in [0.25, 0.3) is 0 Å². The van der Waals surface area contributed by atoms with Crippen LogP contribution in [0.25, 0.3) is 0 Å². The van der Waals surface area contributed by atoms with Gasteiger partial charge in [-0.15, -0.1) is 24.7 Å². The number of rotatable bonds is 16. The molecule has 0 bridgehead atoms. The predicted octanol–water partition coefficient (Wildman–Crippen LogP) is 5.88. The second kappa shape index (κ2) is 16.7. The van der Waals surface area contributed by atoms with Crippen molar-refractivity contribution in [2.45, 2.75) is 57.7 Å². The summed E-state index contributed by atoms with van der Waals surface area (Å²) in [6.07, 6.45) is 18.7. The maximum absolute atomic E-state index is 5.82. The van der Waals surface area contributed by atoms with E-state index in [4.69, 9.17) is 27.1 Å². The summed E-state index contributed by atoms with van der Waals surface area (Å²) >= 11 is 3.46. The Morgan fingerprint density at radius 1 is 0.778 bits per heavy atom. The van der Waals surface area contributed by atoms with Crippen LogP contribution in [0.2, 0.25) is 0 Å². The molecule has 1 rings (SSSR count). The van der Waals surface area contributed by atoms with Crippen LogP contribution in [0.4, 0.5) is 0 Å². The summed E-state index contributed by atoms with van der Waals surface area (Å²) in [4.78, 5) is 0. The molecule has 0 aromatic heterocycles. The van der Waals surface area contributed by atoms with Gasteiger partial charge in [0.2, 0.25) is 0 Å². The second-order valence-electron chi connectivity index (χ2n) is 6.21. The zero-order chi connectivity index (χ0) is 19.6. The third-order valence-electron chi connectivity index (χ3n) is 3.98. The number of alkyl halides is 1. The van der Waals surface area contributed by atoms with E-state index in [0.29, 0.717) is 26.1 Å². The van der Waals surface area contributed by atoms with Crippen LogP contribution in [-0.4, -0.2) is 25.2 Å². The topological polar surface area (TPSA) is 27.7 Å². The lowest BCUT2D eigenvalue weighted by atomic mass is 10.1. The number of ether oxygens (including phenoxy) is 3. The smallest absolute Gasteiger partial charge is 0.183 e. The number of terminal acetylenes is 2. The molecule has 0 unspecified atom stereocenters. The first kappa shape index (κ1) is 23.6. The summed E-state index contributed by atoms with van der Waals surface area (Å²) in [5.41, 5.74) is 0.934. The quantitative estimate of drug-likeness (QED) is 0.141. The van der Waals surface area contributed by atoms with E-state index in [1.165, 1.54) is 32.1 Å². The van der Waals surface area contributed by atoms with E-state index < -0.39 is 6.29 Å². The van der Waals surface area contributed by atoms with Crippen LogP contribution < -0.4 is 4.74 Å². The monoisotopic (exact) mass is 434 g/mol. The highest BCUT2D eigenvalue weighted by molar-refractivity contribution is 9.09. The normalized spacial score (nSPS) is 10.5. The van der Waals surface area contributed by atoms with Crippen LogP contribution in [0.1, 0.15) is 63.2 Å². The Bertz CT molecular complexity index is 536. The van der Waals surface area contributed by atoms with Crippen molar-refractivity contribution in [1.82, 2.24) is 0 Å². The summed E-state index contributed by atoms with van der Waals surface area (Å²) in [7, 11) is 0. The first-order valence-corrected chi connectivity index (χ1v) is 10.8. The van der Waals surface area contributed by atoms with Gasteiger partial charge in [-0.1, -0.05) is 53.7 Å². The molecule has 0 atom stereocenters. The summed E-state index contributed by atoms with van der Waals surface area (Å²) in [6.45, 7) is 1.65. The van der Waals surface area contributed by atoms with Crippen LogP contribution >= 0.6 is 15.9 Å². The van der Waals surface area contributed by atoms with Gasteiger partial charge in [-0.3, -0.25) is 0 Å². The van der Waals surface area contributed by atoms with E-state index in [1.54, 1.807) is 0 Å². The highest BCUT2D eigenvalue weighted by atomic mass is 79.9. The standard InChI is InChI=1S/C23H31BrO3/c1-3-5-18-26-23(27-19-6-4-2)21-13-15-22(16-14-21)25-20-12-10-8-7-9-11-17-24/h1-2,13-16,23H,5-12,17-20H2. The molecule has 0 aliphatic carbocycles. The number of unbranched alkanes of at least 4 members (excludes halogenated alkanes) is 5. The molecular formula is C23H31BrO3. The minimum Gasteiger partial charge on any atom is -0.494 e. The summed E-state index contributed by atoms with van der Waals surface area (Å²) < 4.78 is 17.3. The third kappa shape index (κ3) is 11.8. The Labute approximate surface area is 173 Å². The summed E-state index contributed by atoms with van der Waals surface area (Å²) in [5.74, 6) is 5.99. The molecule has 0 saturated carbocycles. The molecule has 0 N–H and O–H groups in total. The molecule has 0 heterocycles. The van der Waals surface area contributed by atoms with Gasteiger partial charge in [0, 0.05) is 23.7 Å². The highest BCUT2D eigenvalue weighted by Gasteiger charge is 2.12. The zero-order valence-electron chi connectivity index (χ0n) is 16.1. The van der Waals surface area contributed by atoms with E-state index in [-0.39, 0.29) is 0 Å². The predicted molar refractivity (Wildman–Crippen MR) is 115 cm³/mol. The van der Waals surface area contributed by atoms with Crippen molar-refractivity contribution in [1.29, 1.82) is 0 Å². The van der Waals surface area contributed by atoms with Crippen molar-refractivity contribution < 1.29 is 14.2 Å². The molecule has 0 aliphatic rings. The lowest BCUT2D eigenvalue weighted by Gasteiger charge is -2.18. The fraction of sp³-hybridized carbons (Fsp3) is 0.565. The Balaban J connectivity index is 2.35. The lowest BCUT2D eigenvalue weighted by molar-refractivity contribution is -0.144. The van der Waals surface area contributed by atoms with Gasteiger partial charge in [-0.05, 0) is 25.0 Å². The lowest BCUT2D eigenvalue weighted by Crippen LogP contribution is -2.10. The van der Waals surface area contributed by atoms with Crippen molar-refractivity contribution in [3.8, 4) is 30.4 Å². The number of hydrogen-bond donors (Lipinski definition) is 0. The van der Waals surface area contributed by atoms with Gasteiger partial charge in [0.05, 0.1) is 19.8 Å². The second-order valence-corrected chi connectivity index (χ2v) is 7.00. The van der Waals surface area contributed by atoms with Crippen molar-refractivity contribution in [3.05, 3.63) is 29.8 Å². The van der Waals surface area contributed by atoms with E-state index >= 15 is 0 Å². The molecule has 0 amide bonds. The van der Waals surface area contributed by atoms with Gasteiger partial charge >= 0.3 is 0 Å². The minimum absolute atomic E-state index is 0.450. The van der Waals surface area contributed by atoms with E-state index in [2.05, 4.69) is 27.8 Å². The van der Waals surface area contributed by atoms with Gasteiger partial charge in [-0.2, -0.15) is 0 Å². The van der Waals surface area contributed by atoms with Crippen molar-refractivity contribution in [3.63, 3.8) is 0 Å². The first-order chi connectivity index (χ1) is 13.3. The first-order valence-electron chi connectivity index (χ1n) is 9.70. The van der Waals surface area contributed by atoms with Gasteiger partial charge in [0.15, 0.2) is 6.29 Å². The SMILES string of the molecule is C#CCCOC(OCCC#C)c1ccc(OCCCCCCCCBr)cc1. The van der Waals surface area contributed by atoms with Crippen LogP contribution in [0.3, 0.4) is 0 Å². The molecule has 0 spiro atoms. The summed E-state index contributed by atoms with van der Waals surface area (Å²) in [6, 6.07) is 7.83. The van der Waals surface area contributed by atoms with Crippen LogP contribution in [0, 0.1) is 24.7 Å². The summed E-state index contributed by atoms with van der Waals surface area (Å²) in [5, 5.41) is 1.11. The maximum Gasteiger partial charge on any atom is 0.183 e. The van der Waals surface area contributed by atoms with Crippen molar-refractivity contribution in [2.24, 2.45) is 0 Å². The molecule has 0 aliphatic heterocycles. The molecular weight excluding hydrogens is 404 g/mol. The van der Waals surface area contributed by atoms with Crippen LogP contribution in [0.5, 0.6) is 5.75 Å². The number of hydrogen-bond acceptors (Lipinski definition) is 3. The fourth-order valence-corrected chi connectivity index (χ4v) is 2.90. The molecule has 148 valence electrons. The van der Waals surface area contributed by atoms with Crippen molar-refractivity contribution in [2.75, 3.05) is 25.2 Å². The largest absolute Gasteiger partial charge is 0.494 e. The molecule has 1 aromatic carbocycles. The highest BCUT2D eigenvalue weighted by Crippen LogP contribution is 2.22. The van der Waals surface area contributed by atoms with Gasteiger partial charge in [-0.25, -0.2) is 0 Å². The Morgan fingerprint density at radius 3 is 1.89 bits per heavy atom. The van der Waals surface area contributed by atoms with Crippen LogP contribution in [-0.2, 0) is 9.47 Å². The minimum atomic E-state index is -0.458. The van der Waals surface area contributed by atoms with Gasteiger partial charge in [0.1, 0.15) is 5.75 Å². The Morgan fingerprint density at radius 2 is 1.33 bits per heavy atom. The van der Waals surface area contributed by atoms with E-state index in [9.17, 15) is 0 Å². The van der Waals surface area contributed by atoms with Crippen molar-refractivity contribution >= 4 is 15.9 Å². The average Bonchev–Trinajstić information content (AvgIpc) is 2.69. The average molecular weight is 435 g/mol. The zero-order valence-corrected chi connectivity index (χ0v) is 17.7. The molecule has 0 fully saturated rings. The Hall–Kier alpha value is -1.46. The number of benzene rings is 1. The maximum atomic E-state index is 5.82.